The van der Waals surface area contributed by atoms with Gasteiger partial charge in [0.15, 0.2) is 0 Å². The number of carbonyl (C=O) groups excluding carboxylic acids is 1. The van der Waals surface area contributed by atoms with E-state index in [0.717, 1.165) is 36.3 Å². The molecule has 1 amide bonds. The number of hydrogen-bond donors (Lipinski definition) is 2. The first-order valence-corrected chi connectivity index (χ1v) is 6.89. The van der Waals surface area contributed by atoms with E-state index < -0.39 is 0 Å². The lowest BCUT2D eigenvalue weighted by molar-refractivity contribution is 0.0740. The second-order valence-electron chi connectivity index (χ2n) is 5.03. The third-order valence-corrected chi connectivity index (χ3v) is 3.52. The fourth-order valence-electron chi connectivity index (χ4n) is 2.02. The van der Waals surface area contributed by atoms with Crippen molar-refractivity contribution in [3.8, 4) is 0 Å². The molecule has 0 aliphatic rings. The molecule has 0 aliphatic carbocycles. The molecule has 0 heterocycles. The summed E-state index contributed by atoms with van der Waals surface area (Å²) in [6.07, 6.45) is 1.08. The molecule has 0 aliphatic heterocycles. The van der Waals surface area contributed by atoms with Crippen LogP contribution in [0.4, 0.5) is 5.69 Å². The van der Waals surface area contributed by atoms with Gasteiger partial charge in [0.1, 0.15) is 0 Å². The summed E-state index contributed by atoms with van der Waals surface area (Å²) in [4.78, 5) is 14.4. The van der Waals surface area contributed by atoms with Crippen molar-refractivity contribution in [3.63, 3.8) is 0 Å². The predicted molar refractivity (Wildman–Crippen MR) is 80.0 cm³/mol. The molecule has 1 rings (SSSR count). The zero-order valence-corrected chi connectivity index (χ0v) is 12.4. The minimum atomic E-state index is 0.101. The van der Waals surface area contributed by atoms with Gasteiger partial charge in [-0.1, -0.05) is 20.3 Å². The first-order chi connectivity index (χ1) is 9.03. The Morgan fingerprint density at radius 2 is 2.11 bits per heavy atom. The fourth-order valence-corrected chi connectivity index (χ4v) is 2.02. The summed E-state index contributed by atoms with van der Waals surface area (Å²) in [5.74, 6) is 5.99. The van der Waals surface area contributed by atoms with E-state index in [1.165, 1.54) is 0 Å². The molecule has 0 saturated carbocycles. The van der Waals surface area contributed by atoms with Crippen LogP contribution in [0.25, 0.3) is 0 Å². The number of nitrogens with two attached hydrogens (primary N) is 1. The molecule has 0 saturated heterocycles. The summed E-state index contributed by atoms with van der Waals surface area (Å²) >= 11 is 0. The molecule has 4 heteroatoms. The molecule has 1 unspecified atom stereocenters. The topological polar surface area (TPSA) is 58.4 Å². The quantitative estimate of drug-likeness (QED) is 0.613. The molecule has 0 bridgehead atoms. The number of rotatable bonds is 6. The van der Waals surface area contributed by atoms with Crippen LogP contribution >= 0.6 is 0 Å². The van der Waals surface area contributed by atoms with Crippen LogP contribution in [-0.2, 0) is 0 Å². The van der Waals surface area contributed by atoms with Crippen LogP contribution < -0.4 is 11.3 Å². The average Bonchev–Trinajstić information content (AvgIpc) is 2.43. The van der Waals surface area contributed by atoms with Crippen molar-refractivity contribution < 1.29 is 4.79 Å². The summed E-state index contributed by atoms with van der Waals surface area (Å²) in [5.41, 5.74) is 5.11. The summed E-state index contributed by atoms with van der Waals surface area (Å²) in [7, 11) is 0. The van der Waals surface area contributed by atoms with E-state index >= 15 is 0 Å². The smallest absolute Gasteiger partial charge is 0.254 e. The second-order valence-corrected chi connectivity index (χ2v) is 5.03. The van der Waals surface area contributed by atoms with Crippen LogP contribution in [0.15, 0.2) is 18.2 Å². The maximum atomic E-state index is 12.5. The molecular formula is C15H25N3O. The van der Waals surface area contributed by atoms with Crippen molar-refractivity contribution in [1.82, 2.24) is 4.90 Å². The predicted octanol–water partition coefficient (Wildman–Crippen LogP) is 2.79. The molecule has 3 N–H and O–H groups in total. The van der Waals surface area contributed by atoms with Gasteiger partial charge in [0.25, 0.3) is 5.91 Å². The van der Waals surface area contributed by atoms with Gasteiger partial charge < -0.3 is 10.3 Å². The number of nitrogens with one attached hydrogen (secondary N) is 1. The van der Waals surface area contributed by atoms with Crippen LogP contribution in [0.2, 0.25) is 0 Å². The summed E-state index contributed by atoms with van der Waals surface area (Å²) in [6, 6.07) is 5.56. The van der Waals surface area contributed by atoms with Gasteiger partial charge in [-0.2, -0.15) is 0 Å². The first-order valence-electron chi connectivity index (χ1n) is 6.89. The van der Waals surface area contributed by atoms with Gasteiger partial charge in [0.2, 0.25) is 0 Å². The largest absolute Gasteiger partial charge is 0.339 e. The zero-order valence-electron chi connectivity index (χ0n) is 12.4. The van der Waals surface area contributed by atoms with E-state index in [1.54, 1.807) is 0 Å². The highest BCUT2D eigenvalue weighted by molar-refractivity contribution is 5.96. The third kappa shape index (κ3) is 3.96. The fraction of sp³-hybridized carbons (Fsp3) is 0.533. The Morgan fingerprint density at radius 3 is 2.58 bits per heavy atom. The first kappa shape index (κ1) is 15.5. The van der Waals surface area contributed by atoms with Crippen LogP contribution in [0.5, 0.6) is 0 Å². The van der Waals surface area contributed by atoms with Crippen molar-refractivity contribution in [3.05, 3.63) is 29.3 Å². The minimum absolute atomic E-state index is 0.101. The van der Waals surface area contributed by atoms with Gasteiger partial charge in [-0.15, -0.1) is 0 Å². The summed E-state index contributed by atoms with van der Waals surface area (Å²) in [6.45, 7) is 9.82. The number of amides is 1. The van der Waals surface area contributed by atoms with E-state index in [1.807, 2.05) is 36.9 Å². The molecular weight excluding hydrogens is 238 g/mol. The van der Waals surface area contributed by atoms with Crippen molar-refractivity contribution >= 4 is 11.6 Å². The van der Waals surface area contributed by atoms with E-state index in [0.29, 0.717) is 5.92 Å². The molecule has 1 aromatic carbocycles. The van der Waals surface area contributed by atoms with Gasteiger partial charge in [-0.3, -0.25) is 10.6 Å². The van der Waals surface area contributed by atoms with Gasteiger partial charge in [0.05, 0.1) is 0 Å². The Bertz CT molecular complexity index is 431. The van der Waals surface area contributed by atoms with Gasteiger partial charge in [-0.05, 0) is 43.5 Å². The maximum absolute atomic E-state index is 12.5. The number of benzene rings is 1. The minimum Gasteiger partial charge on any atom is -0.339 e. The van der Waals surface area contributed by atoms with E-state index in [-0.39, 0.29) is 5.91 Å². The standard InChI is InChI=1S/C15H25N3O/c1-5-11(3)10-18(6-2)15(19)14-8-7-13(17-16)9-12(14)4/h7-9,11,17H,5-6,10,16H2,1-4H3. The van der Waals surface area contributed by atoms with E-state index in [2.05, 4.69) is 19.3 Å². The lowest BCUT2D eigenvalue weighted by Crippen LogP contribution is -2.34. The molecule has 1 atom stereocenters. The number of nitrogen functional groups attached to an aromatic ring is 1. The normalized spacial score (nSPS) is 12.1. The molecule has 0 spiro atoms. The Morgan fingerprint density at radius 1 is 1.42 bits per heavy atom. The molecule has 0 aromatic heterocycles. The van der Waals surface area contributed by atoms with E-state index in [4.69, 9.17) is 5.84 Å². The molecule has 19 heavy (non-hydrogen) atoms. The Hall–Kier alpha value is -1.55. The number of hydrazine groups is 1. The van der Waals surface area contributed by atoms with Crippen molar-refractivity contribution in [2.75, 3.05) is 18.5 Å². The summed E-state index contributed by atoms with van der Waals surface area (Å²) < 4.78 is 0. The molecule has 1 aromatic rings. The summed E-state index contributed by atoms with van der Waals surface area (Å²) in [5, 5.41) is 0. The zero-order chi connectivity index (χ0) is 14.4. The lowest BCUT2D eigenvalue weighted by Gasteiger charge is -2.25. The molecule has 0 radical (unpaired) electrons. The molecule has 0 fully saturated rings. The molecule has 106 valence electrons. The second kappa shape index (κ2) is 7.14. The van der Waals surface area contributed by atoms with Gasteiger partial charge in [0, 0.05) is 24.3 Å². The van der Waals surface area contributed by atoms with Crippen LogP contribution in [-0.4, -0.2) is 23.9 Å². The van der Waals surface area contributed by atoms with Crippen molar-refractivity contribution in [2.45, 2.75) is 34.1 Å². The average molecular weight is 263 g/mol. The Labute approximate surface area is 115 Å². The van der Waals surface area contributed by atoms with Gasteiger partial charge >= 0.3 is 0 Å². The maximum Gasteiger partial charge on any atom is 0.254 e. The lowest BCUT2D eigenvalue weighted by atomic mass is 10.0. The Balaban J connectivity index is 2.91. The SMILES string of the molecule is CCC(C)CN(CC)C(=O)c1ccc(NN)cc1C. The van der Waals surface area contributed by atoms with Crippen LogP contribution in [0.3, 0.4) is 0 Å². The number of aryl methyl sites for hydroxylation is 1. The van der Waals surface area contributed by atoms with Gasteiger partial charge in [-0.25, -0.2) is 0 Å². The van der Waals surface area contributed by atoms with Crippen molar-refractivity contribution in [1.29, 1.82) is 0 Å². The number of nitrogens with zero attached hydrogens (tertiary/aromatic N) is 1. The highest BCUT2D eigenvalue weighted by Gasteiger charge is 2.17. The van der Waals surface area contributed by atoms with Crippen molar-refractivity contribution in [2.24, 2.45) is 11.8 Å². The highest BCUT2D eigenvalue weighted by Crippen LogP contribution is 2.17. The molecule has 4 nitrogen and oxygen atoms in total. The highest BCUT2D eigenvalue weighted by atomic mass is 16.2. The third-order valence-electron chi connectivity index (χ3n) is 3.52. The van der Waals surface area contributed by atoms with E-state index in [9.17, 15) is 4.79 Å². The number of anilines is 1. The Kier molecular flexibility index (Phi) is 5.83. The number of carbonyl (C=O) groups is 1. The van der Waals surface area contributed by atoms with Crippen LogP contribution in [0, 0.1) is 12.8 Å². The van der Waals surface area contributed by atoms with Crippen LogP contribution in [0.1, 0.15) is 43.1 Å². The number of hydrogen-bond acceptors (Lipinski definition) is 3. The monoisotopic (exact) mass is 263 g/mol.